The number of amides is 1. The zero-order chi connectivity index (χ0) is 15.7. The van der Waals surface area contributed by atoms with Crippen molar-refractivity contribution in [2.75, 3.05) is 27.4 Å². The standard InChI is InChI=1S/C16H20ClNO4/c1-20-13-5-3-10(9-11(13)17)16(19)18-7-8-22-14-6-4-12(18)15(14)21-2/h3,5,9,12,14-15H,4,6-8H2,1-2H3. The van der Waals surface area contributed by atoms with Crippen molar-refractivity contribution in [3.05, 3.63) is 28.8 Å². The monoisotopic (exact) mass is 325 g/mol. The summed E-state index contributed by atoms with van der Waals surface area (Å²) in [6.07, 6.45) is 1.86. The highest BCUT2D eigenvalue weighted by Crippen LogP contribution is 2.33. The first-order valence-electron chi connectivity index (χ1n) is 7.44. The molecule has 6 heteroatoms. The van der Waals surface area contributed by atoms with Gasteiger partial charge in [0.2, 0.25) is 0 Å². The Balaban J connectivity index is 1.85. The van der Waals surface area contributed by atoms with Gasteiger partial charge in [0, 0.05) is 19.2 Å². The topological polar surface area (TPSA) is 48.0 Å². The Morgan fingerprint density at radius 2 is 2.18 bits per heavy atom. The second-order valence-corrected chi connectivity index (χ2v) is 6.01. The first-order chi connectivity index (χ1) is 10.7. The van der Waals surface area contributed by atoms with Crippen molar-refractivity contribution in [1.29, 1.82) is 0 Å². The summed E-state index contributed by atoms with van der Waals surface area (Å²) in [5, 5.41) is 0.437. The molecule has 3 atom stereocenters. The van der Waals surface area contributed by atoms with Crippen molar-refractivity contribution in [2.24, 2.45) is 0 Å². The van der Waals surface area contributed by atoms with E-state index in [1.54, 1.807) is 32.4 Å². The third kappa shape index (κ3) is 2.69. The third-order valence-corrected chi connectivity index (χ3v) is 4.78. The number of methoxy groups -OCH3 is 2. The molecular weight excluding hydrogens is 306 g/mol. The highest BCUT2D eigenvalue weighted by molar-refractivity contribution is 6.32. The Hall–Kier alpha value is -1.30. The molecule has 2 aliphatic rings. The number of fused-ring (bicyclic) bond motifs is 2. The van der Waals surface area contributed by atoms with Gasteiger partial charge >= 0.3 is 0 Å². The van der Waals surface area contributed by atoms with E-state index >= 15 is 0 Å². The van der Waals surface area contributed by atoms with Crippen LogP contribution in [0.1, 0.15) is 23.2 Å². The summed E-state index contributed by atoms with van der Waals surface area (Å²) in [7, 11) is 3.23. The molecule has 3 rings (SSSR count). The molecule has 0 N–H and O–H groups in total. The molecule has 1 saturated carbocycles. The second-order valence-electron chi connectivity index (χ2n) is 5.60. The fourth-order valence-corrected chi connectivity index (χ4v) is 3.67. The number of benzene rings is 1. The highest BCUT2D eigenvalue weighted by atomic mass is 35.5. The van der Waals surface area contributed by atoms with Gasteiger partial charge in [-0.2, -0.15) is 0 Å². The van der Waals surface area contributed by atoms with Crippen LogP contribution in [-0.2, 0) is 9.47 Å². The Morgan fingerprint density at radius 3 is 2.86 bits per heavy atom. The van der Waals surface area contributed by atoms with Crippen LogP contribution in [0.15, 0.2) is 18.2 Å². The molecule has 2 fully saturated rings. The molecule has 1 heterocycles. The van der Waals surface area contributed by atoms with E-state index in [9.17, 15) is 4.79 Å². The molecule has 120 valence electrons. The number of carbonyl (C=O) groups excluding carboxylic acids is 1. The van der Waals surface area contributed by atoms with Crippen LogP contribution in [-0.4, -0.2) is 56.4 Å². The minimum absolute atomic E-state index is 0.0391. The van der Waals surface area contributed by atoms with Crippen LogP contribution in [0.2, 0.25) is 5.02 Å². The summed E-state index contributed by atoms with van der Waals surface area (Å²) in [6.45, 7) is 1.11. The van der Waals surface area contributed by atoms with E-state index in [-0.39, 0.29) is 24.2 Å². The SMILES string of the molecule is COc1ccc(C(=O)N2CCOC3CCC2C3OC)cc1Cl. The maximum absolute atomic E-state index is 12.9. The van der Waals surface area contributed by atoms with E-state index in [1.807, 2.05) is 4.90 Å². The van der Waals surface area contributed by atoms with Gasteiger partial charge in [0.25, 0.3) is 5.91 Å². The van der Waals surface area contributed by atoms with Crippen molar-refractivity contribution in [3.63, 3.8) is 0 Å². The van der Waals surface area contributed by atoms with Crippen LogP contribution in [0, 0.1) is 0 Å². The smallest absolute Gasteiger partial charge is 0.254 e. The van der Waals surface area contributed by atoms with Crippen LogP contribution in [0.3, 0.4) is 0 Å². The van der Waals surface area contributed by atoms with Gasteiger partial charge in [-0.3, -0.25) is 4.79 Å². The maximum atomic E-state index is 12.9. The number of halogens is 1. The van der Waals surface area contributed by atoms with Crippen LogP contribution >= 0.6 is 11.6 Å². The molecule has 1 amide bonds. The molecule has 2 bridgehead atoms. The summed E-state index contributed by atoms with van der Waals surface area (Å²) in [4.78, 5) is 14.7. The fourth-order valence-electron chi connectivity index (χ4n) is 3.42. The molecule has 1 aliphatic heterocycles. The largest absolute Gasteiger partial charge is 0.495 e. The lowest BCUT2D eigenvalue weighted by Gasteiger charge is -2.30. The van der Waals surface area contributed by atoms with Gasteiger partial charge in [0.15, 0.2) is 0 Å². The average molecular weight is 326 g/mol. The van der Waals surface area contributed by atoms with Crippen molar-refractivity contribution in [3.8, 4) is 5.75 Å². The first-order valence-corrected chi connectivity index (χ1v) is 7.82. The number of carbonyl (C=O) groups is 1. The van der Waals surface area contributed by atoms with Crippen LogP contribution < -0.4 is 4.74 Å². The number of rotatable bonds is 3. The Morgan fingerprint density at radius 1 is 1.36 bits per heavy atom. The van der Waals surface area contributed by atoms with Crippen LogP contribution in [0.25, 0.3) is 0 Å². The highest BCUT2D eigenvalue weighted by Gasteiger charge is 2.44. The van der Waals surface area contributed by atoms with E-state index < -0.39 is 0 Å². The lowest BCUT2D eigenvalue weighted by atomic mass is 10.1. The molecular formula is C16H20ClNO4. The predicted molar refractivity (Wildman–Crippen MR) is 82.6 cm³/mol. The van der Waals surface area contributed by atoms with E-state index in [0.29, 0.717) is 29.5 Å². The van der Waals surface area contributed by atoms with E-state index in [2.05, 4.69) is 0 Å². The molecule has 1 aromatic rings. The summed E-state index contributed by atoms with van der Waals surface area (Å²) < 4.78 is 16.5. The third-order valence-electron chi connectivity index (χ3n) is 4.49. The van der Waals surface area contributed by atoms with Gasteiger partial charge < -0.3 is 19.1 Å². The summed E-state index contributed by atoms with van der Waals surface area (Å²) >= 11 is 6.13. The number of nitrogens with zero attached hydrogens (tertiary/aromatic N) is 1. The Bertz CT molecular complexity index is 565. The number of hydrogen-bond acceptors (Lipinski definition) is 4. The van der Waals surface area contributed by atoms with E-state index in [1.165, 1.54) is 0 Å². The number of hydrogen-bond donors (Lipinski definition) is 0. The maximum Gasteiger partial charge on any atom is 0.254 e. The van der Waals surface area contributed by atoms with Crippen molar-refractivity contribution in [2.45, 2.75) is 31.1 Å². The molecule has 5 nitrogen and oxygen atoms in total. The first kappa shape index (κ1) is 15.6. The fraction of sp³-hybridized carbons (Fsp3) is 0.562. The molecule has 1 saturated heterocycles. The predicted octanol–water partition coefficient (Wildman–Crippen LogP) is 2.37. The van der Waals surface area contributed by atoms with Gasteiger partial charge in [-0.15, -0.1) is 0 Å². The van der Waals surface area contributed by atoms with E-state index in [4.69, 9.17) is 25.8 Å². The minimum Gasteiger partial charge on any atom is -0.495 e. The van der Waals surface area contributed by atoms with Gasteiger partial charge in [0.05, 0.1) is 30.9 Å². The van der Waals surface area contributed by atoms with Crippen molar-refractivity contribution < 1.29 is 19.0 Å². The molecule has 0 spiro atoms. The lowest BCUT2D eigenvalue weighted by molar-refractivity contribution is -0.0316. The van der Waals surface area contributed by atoms with Gasteiger partial charge in [0.1, 0.15) is 11.9 Å². The average Bonchev–Trinajstić information content (AvgIpc) is 2.82. The number of ether oxygens (including phenoxy) is 3. The second kappa shape index (κ2) is 6.44. The van der Waals surface area contributed by atoms with Crippen LogP contribution in [0.5, 0.6) is 5.75 Å². The molecule has 0 radical (unpaired) electrons. The van der Waals surface area contributed by atoms with Crippen molar-refractivity contribution >= 4 is 17.5 Å². The van der Waals surface area contributed by atoms with Gasteiger partial charge in [-0.1, -0.05) is 11.6 Å². The Labute approximate surface area is 135 Å². The molecule has 3 unspecified atom stereocenters. The lowest BCUT2D eigenvalue weighted by Crippen LogP contribution is -2.46. The minimum atomic E-state index is -0.0554. The molecule has 0 aromatic heterocycles. The van der Waals surface area contributed by atoms with Gasteiger partial charge in [-0.05, 0) is 31.0 Å². The molecule has 1 aliphatic carbocycles. The summed E-state index contributed by atoms with van der Waals surface area (Å²) in [5.41, 5.74) is 0.561. The summed E-state index contributed by atoms with van der Waals surface area (Å²) in [5.74, 6) is 0.524. The van der Waals surface area contributed by atoms with Gasteiger partial charge in [-0.25, -0.2) is 0 Å². The van der Waals surface area contributed by atoms with Crippen molar-refractivity contribution in [1.82, 2.24) is 4.90 Å². The Kier molecular flexibility index (Phi) is 4.57. The quantitative estimate of drug-likeness (QED) is 0.856. The van der Waals surface area contributed by atoms with E-state index in [0.717, 1.165) is 12.8 Å². The molecule has 22 heavy (non-hydrogen) atoms. The summed E-state index contributed by atoms with van der Waals surface area (Å²) in [6, 6.07) is 5.18. The molecule has 1 aromatic carbocycles. The van der Waals surface area contributed by atoms with Crippen LogP contribution in [0.4, 0.5) is 0 Å². The zero-order valence-corrected chi connectivity index (χ0v) is 13.5. The normalized spacial score (nSPS) is 27.6. The zero-order valence-electron chi connectivity index (χ0n) is 12.8.